The number of amides is 1. The van der Waals surface area contributed by atoms with Crippen LogP contribution in [0.1, 0.15) is 45.8 Å². The van der Waals surface area contributed by atoms with Gasteiger partial charge in [0.1, 0.15) is 16.7 Å². The molecule has 6 nitrogen and oxygen atoms in total. The Morgan fingerprint density at radius 1 is 1.25 bits per heavy atom. The van der Waals surface area contributed by atoms with Crippen LogP contribution in [0.2, 0.25) is 10.2 Å². The lowest BCUT2D eigenvalue weighted by molar-refractivity contribution is 0.0704. The van der Waals surface area contributed by atoms with E-state index in [4.69, 9.17) is 23.2 Å². The van der Waals surface area contributed by atoms with Gasteiger partial charge >= 0.3 is 0 Å². The largest absolute Gasteiger partial charge is 0.337 e. The van der Waals surface area contributed by atoms with Gasteiger partial charge in [0, 0.05) is 36.8 Å². The van der Waals surface area contributed by atoms with E-state index in [0.717, 1.165) is 35.9 Å². The fourth-order valence-corrected chi connectivity index (χ4v) is 4.47. The molecule has 146 valence electrons. The molecule has 1 fully saturated rings. The number of pyridine rings is 1. The first-order valence-electron chi connectivity index (χ1n) is 9.04. The van der Waals surface area contributed by atoms with Crippen molar-refractivity contribution in [2.24, 2.45) is 0 Å². The molecule has 0 radical (unpaired) electrons. The molecule has 4 rings (SSSR count). The maximum atomic E-state index is 12.8. The van der Waals surface area contributed by atoms with E-state index in [1.165, 1.54) is 0 Å². The maximum absolute atomic E-state index is 12.8. The Morgan fingerprint density at radius 2 is 2.04 bits per heavy atom. The summed E-state index contributed by atoms with van der Waals surface area (Å²) >= 11 is 13.7. The zero-order valence-corrected chi connectivity index (χ0v) is 17.6. The molecule has 28 heavy (non-hydrogen) atoms. The van der Waals surface area contributed by atoms with Crippen LogP contribution in [0.25, 0.3) is 0 Å². The van der Waals surface area contributed by atoms with Crippen LogP contribution in [-0.2, 0) is 6.54 Å². The van der Waals surface area contributed by atoms with Gasteiger partial charge in [-0.05, 0) is 31.9 Å². The van der Waals surface area contributed by atoms with Crippen LogP contribution in [0.4, 0.5) is 0 Å². The number of halogens is 2. The van der Waals surface area contributed by atoms with Crippen LogP contribution in [0.5, 0.6) is 0 Å². The summed E-state index contributed by atoms with van der Waals surface area (Å²) < 4.78 is 2.16. The van der Waals surface area contributed by atoms with Crippen molar-refractivity contribution in [1.29, 1.82) is 0 Å². The third kappa shape index (κ3) is 4.06. The van der Waals surface area contributed by atoms with Gasteiger partial charge in [0.15, 0.2) is 0 Å². The molecule has 1 saturated heterocycles. The molecule has 0 saturated carbocycles. The number of thiazole rings is 1. The van der Waals surface area contributed by atoms with Gasteiger partial charge in [-0.1, -0.05) is 23.2 Å². The van der Waals surface area contributed by atoms with Crippen LogP contribution in [0.3, 0.4) is 0 Å². The number of nitrogens with zero attached hydrogens (tertiary/aromatic N) is 5. The first kappa shape index (κ1) is 19.4. The van der Waals surface area contributed by atoms with E-state index < -0.39 is 0 Å². The second kappa shape index (κ2) is 8.19. The third-order valence-electron chi connectivity index (χ3n) is 4.91. The second-order valence-electron chi connectivity index (χ2n) is 6.80. The van der Waals surface area contributed by atoms with Crippen molar-refractivity contribution in [1.82, 2.24) is 24.4 Å². The predicted octanol–water partition coefficient (Wildman–Crippen LogP) is 4.42. The highest BCUT2D eigenvalue weighted by Gasteiger charge is 2.28. The van der Waals surface area contributed by atoms with Gasteiger partial charge in [-0.3, -0.25) is 4.79 Å². The molecule has 1 amide bonds. The van der Waals surface area contributed by atoms with E-state index >= 15 is 0 Å². The van der Waals surface area contributed by atoms with Gasteiger partial charge < -0.3 is 9.47 Å². The van der Waals surface area contributed by atoms with Crippen molar-refractivity contribution in [2.75, 3.05) is 13.1 Å². The summed E-state index contributed by atoms with van der Waals surface area (Å²) in [4.78, 5) is 27.8. The minimum atomic E-state index is -0.174. The summed E-state index contributed by atoms with van der Waals surface area (Å²) in [5, 5.41) is 3.74. The Bertz CT molecular complexity index is 994. The number of imidazole rings is 1. The summed E-state index contributed by atoms with van der Waals surface area (Å²) in [5.74, 6) is 1.19. The Morgan fingerprint density at radius 3 is 2.75 bits per heavy atom. The van der Waals surface area contributed by atoms with E-state index in [0.29, 0.717) is 24.0 Å². The SMILES string of the molecule is Cc1nc(Cn2ccnc2C2CCN(C(=O)c3nc(Cl)ccc3Cl)CC2)cs1. The Kier molecular flexibility index (Phi) is 5.66. The topological polar surface area (TPSA) is 63.9 Å². The summed E-state index contributed by atoms with van der Waals surface area (Å²) in [6.45, 7) is 4.00. The van der Waals surface area contributed by atoms with Crippen LogP contribution in [-0.4, -0.2) is 43.4 Å². The lowest BCUT2D eigenvalue weighted by atomic mass is 9.95. The number of rotatable bonds is 4. The first-order chi connectivity index (χ1) is 13.5. The molecule has 0 aromatic carbocycles. The van der Waals surface area contributed by atoms with Crippen LogP contribution in [0, 0.1) is 6.92 Å². The minimum absolute atomic E-state index is 0.174. The molecular formula is C19H19Cl2N5OS. The van der Waals surface area contributed by atoms with Crippen LogP contribution >= 0.6 is 34.5 Å². The Labute approximate surface area is 177 Å². The highest BCUT2D eigenvalue weighted by Crippen LogP contribution is 2.29. The Balaban J connectivity index is 1.43. The smallest absolute Gasteiger partial charge is 0.274 e. The average molecular weight is 436 g/mol. The molecule has 4 heterocycles. The van der Waals surface area contributed by atoms with Crippen molar-refractivity contribution in [3.63, 3.8) is 0 Å². The highest BCUT2D eigenvalue weighted by molar-refractivity contribution is 7.09. The molecular weight excluding hydrogens is 417 g/mol. The zero-order chi connectivity index (χ0) is 19.7. The van der Waals surface area contributed by atoms with E-state index in [1.807, 2.05) is 19.3 Å². The number of aryl methyl sites for hydroxylation is 1. The Hall–Kier alpha value is -1.96. The van der Waals surface area contributed by atoms with Gasteiger partial charge in [0.2, 0.25) is 0 Å². The number of hydrogen-bond acceptors (Lipinski definition) is 5. The number of aromatic nitrogens is 4. The van der Waals surface area contributed by atoms with Crippen LogP contribution in [0.15, 0.2) is 29.9 Å². The molecule has 3 aromatic heterocycles. The second-order valence-corrected chi connectivity index (χ2v) is 8.66. The van der Waals surface area contributed by atoms with Gasteiger partial charge in [-0.15, -0.1) is 11.3 Å². The maximum Gasteiger partial charge on any atom is 0.274 e. The van der Waals surface area contributed by atoms with Crippen LogP contribution < -0.4 is 0 Å². The third-order valence-corrected chi connectivity index (χ3v) is 6.25. The van der Waals surface area contributed by atoms with Crippen molar-refractivity contribution in [2.45, 2.75) is 32.2 Å². The first-order valence-corrected chi connectivity index (χ1v) is 10.7. The molecule has 1 aliphatic heterocycles. The molecule has 0 unspecified atom stereocenters. The fraction of sp³-hybridized carbons (Fsp3) is 0.368. The molecule has 9 heteroatoms. The van der Waals surface area contributed by atoms with Gasteiger partial charge in [-0.25, -0.2) is 15.0 Å². The van der Waals surface area contributed by atoms with E-state index in [-0.39, 0.29) is 16.8 Å². The predicted molar refractivity (Wildman–Crippen MR) is 110 cm³/mol. The lowest BCUT2D eigenvalue weighted by Gasteiger charge is -2.31. The molecule has 0 atom stereocenters. The summed E-state index contributed by atoms with van der Waals surface area (Å²) in [7, 11) is 0. The van der Waals surface area contributed by atoms with Crippen molar-refractivity contribution in [3.8, 4) is 0 Å². The standard InChI is InChI=1S/C19H19Cl2N5OS/c1-12-23-14(11-28-12)10-26-9-6-22-18(26)13-4-7-25(8-5-13)19(27)17-15(20)2-3-16(21)24-17/h2-3,6,9,11,13H,4-5,7-8,10H2,1H3. The molecule has 0 N–H and O–H groups in total. The lowest BCUT2D eigenvalue weighted by Crippen LogP contribution is -2.39. The quantitative estimate of drug-likeness (QED) is 0.568. The number of carbonyl (C=O) groups excluding carboxylic acids is 1. The van der Waals surface area contributed by atoms with Crippen molar-refractivity contribution < 1.29 is 4.79 Å². The summed E-state index contributed by atoms with van der Waals surface area (Å²) in [6.07, 6.45) is 5.52. The highest BCUT2D eigenvalue weighted by atomic mass is 35.5. The molecule has 3 aromatic rings. The number of likely N-dealkylation sites (tertiary alicyclic amines) is 1. The summed E-state index contributed by atoms with van der Waals surface area (Å²) in [6, 6.07) is 3.18. The average Bonchev–Trinajstić information content (AvgIpc) is 3.32. The van der Waals surface area contributed by atoms with Crippen molar-refractivity contribution >= 4 is 40.4 Å². The minimum Gasteiger partial charge on any atom is -0.337 e. The summed E-state index contributed by atoms with van der Waals surface area (Å²) in [5.41, 5.74) is 1.27. The molecule has 0 spiro atoms. The van der Waals surface area contributed by atoms with E-state index in [1.54, 1.807) is 28.4 Å². The van der Waals surface area contributed by atoms with Gasteiger partial charge in [0.25, 0.3) is 5.91 Å². The normalized spacial score (nSPS) is 15.2. The molecule has 1 aliphatic rings. The monoisotopic (exact) mass is 435 g/mol. The van der Waals surface area contributed by atoms with E-state index in [2.05, 4.69) is 24.9 Å². The molecule has 0 bridgehead atoms. The number of carbonyl (C=O) groups is 1. The van der Waals surface area contributed by atoms with Gasteiger partial charge in [0.05, 0.1) is 22.3 Å². The van der Waals surface area contributed by atoms with Crippen molar-refractivity contribution in [3.05, 3.63) is 62.3 Å². The fourth-order valence-electron chi connectivity index (χ4n) is 3.53. The van der Waals surface area contributed by atoms with Gasteiger partial charge in [-0.2, -0.15) is 0 Å². The number of hydrogen-bond donors (Lipinski definition) is 0. The van der Waals surface area contributed by atoms with E-state index in [9.17, 15) is 4.79 Å². The number of piperidine rings is 1. The zero-order valence-electron chi connectivity index (χ0n) is 15.3. The molecule has 0 aliphatic carbocycles.